The Bertz CT molecular complexity index is 3160. The number of rotatable bonds is 14. The van der Waals surface area contributed by atoms with E-state index in [9.17, 15) is 39.9 Å². The predicted molar refractivity (Wildman–Crippen MR) is 311 cm³/mol. The Balaban J connectivity index is 0.000000257. The van der Waals surface area contributed by atoms with Gasteiger partial charge in [0.05, 0.1) is 55.1 Å². The lowest BCUT2D eigenvalue weighted by atomic mass is 10.2. The average molecular weight is 1290 g/mol. The van der Waals surface area contributed by atoms with Gasteiger partial charge in [-0.25, -0.2) is 17.8 Å². The summed E-state index contributed by atoms with van der Waals surface area (Å²) in [7, 11) is -7.37. The van der Waals surface area contributed by atoms with Gasteiger partial charge >= 0.3 is 12.4 Å². The third-order valence-electron chi connectivity index (χ3n) is 12.6. The highest BCUT2D eigenvalue weighted by Crippen LogP contribution is 2.39. The topological polar surface area (TPSA) is 140 Å². The van der Waals surface area contributed by atoms with Gasteiger partial charge in [0.15, 0.2) is 8.32 Å². The van der Waals surface area contributed by atoms with Crippen molar-refractivity contribution in [2.45, 2.75) is 117 Å². The van der Waals surface area contributed by atoms with Crippen molar-refractivity contribution < 1.29 is 57.6 Å². The van der Waals surface area contributed by atoms with Crippen LogP contribution < -0.4 is 9.47 Å². The molecular weight excluding hydrogens is 1220 g/mol. The van der Waals surface area contributed by atoms with Crippen LogP contribution in [0.4, 0.5) is 26.3 Å². The molecule has 430 valence electrons. The van der Waals surface area contributed by atoms with Crippen LogP contribution in [0.3, 0.4) is 0 Å². The Morgan fingerprint density at radius 3 is 1.25 bits per heavy atom. The second-order valence-electron chi connectivity index (χ2n) is 21.3. The van der Waals surface area contributed by atoms with Gasteiger partial charge in [0, 0.05) is 43.6 Å². The van der Waals surface area contributed by atoms with Crippen molar-refractivity contribution in [3.05, 3.63) is 159 Å². The van der Waals surface area contributed by atoms with Crippen molar-refractivity contribution in [2.75, 3.05) is 19.5 Å². The number of aliphatic hydroxyl groups excluding tert-OH is 1. The maximum absolute atomic E-state index is 12.9. The van der Waals surface area contributed by atoms with Crippen LogP contribution in [0.1, 0.15) is 64.1 Å². The standard InChI is InChI=1S/C24H28BrF3N2O2Si.C18H14BrF3N2O2.C7H9N.C7H18O3SSi/c1-23(2,3)33(4,5)31-14-13-30-22(16-21(29-30)17-7-6-8-19(25)15-17)32-20-11-9-18(10-12-20)24(26,27)28;19-14-3-1-2-12(10-14)16-11-17(24(23-16)8-9-25)26-15-6-4-13(5-7-15)18(20,21)22;1-6-4-3-5-7(2)8-6;1-7(2,3)12(5,6)10-11(4,8)9/h6-12,15-16H,13-14H2,1-5H3;1-7,10-11,25H,8-9H2;3-5H,1-2H3;1-6H3. The van der Waals surface area contributed by atoms with Crippen LogP contribution in [0.5, 0.6) is 23.3 Å². The van der Waals surface area contributed by atoms with Crippen molar-refractivity contribution in [3.8, 4) is 45.8 Å². The first-order valence-corrected chi connectivity index (χ1v) is 34.0. The van der Waals surface area contributed by atoms with Gasteiger partial charge in [-0.05, 0) is 135 Å². The van der Waals surface area contributed by atoms with Gasteiger partial charge in [-0.15, -0.1) is 0 Å². The van der Waals surface area contributed by atoms with Crippen molar-refractivity contribution >= 4 is 58.6 Å². The molecule has 0 unspecified atom stereocenters. The Labute approximate surface area is 479 Å². The Hall–Kier alpha value is -5.15. The fourth-order valence-electron chi connectivity index (χ4n) is 6.41. The first kappa shape index (κ1) is 66.4. The van der Waals surface area contributed by atoms with E-state index >= 15 is 0 Å². The number of ether oxygens (including phenoxy) is 2. The summed E-state index contributed by atoms with van der Waals surface area (Å²) in [5.74, 6) is 1.31. The number of hydrogen-bond acceptors (Lipinski definition) is 10. The molecule has 0 spiro atoms. The summed E-state index contributed by atoms with van der Waals surface area (Å²) in [5.41, 5.74) is 3.77. The third kappa shape index (κ3) is 21.4. The molecule has 0 aliphatic rings. The smallest absolute Gasteiger partial charge is 0.416 e. The molecule has 0 amide bonds. The summed E-state index contributed by atoms with van der Waals surface area (Å²) in [5, 5.41) is 18.3. The van der Waals surface area contributed by atoms with Gasteiger partial charge in [-0.1, -0.05) is 104 Å². The van der Waals surface area contributed by atoms with Crippen LogP contribution in [0.2, 0.25) is 36.3 Å². The van der Waals surface area contributed by atoms with Crippen molar-refractivity contribution in [2.24, 2.45) is 0 Å². The van der Waals surface area contributed by atoms with E-state index in [1.54, 1.807) is 16.8 Å². The SMILES string of the molecule is CC(C)(C)[Si](C)(C)OCCn1nc(-c2cccc(Br)c2)cc1Oc1ccc(C(F)(F)F)cc1.CC(C)(C)[Si](C)(C)OS(C)(=O)=O.Cc1cccc(C)n1.OCCn1nc(-c2cccc(Br)c2)cc1Oc1ccc(C(F)(F)F)cc1. The summed E-state index contributed by atoms with van der Waals surface area (Å²) >= 11 is 6.86. The molecule has 0 radical (unpaired) electrons. The van der Waals surface area contributed by atoms with E-state index in [0.717, 1.165) is 62.0 Å². The van der Waals surface area contributed by atoms with E-state index < -0.39 is 50.2 Å². The summed E-state index contributed by atoms with van der Waals surface area (Å²) in [4.78, 5) is 4.17. The molecule has 3 heterocycles. The summed E-state index contributed by atoms with van der Waals surface area (Å²) in [6, 6.07) is 33.7. The molecule has 0 aliphatic carbocycles. The normalized spacial score (nSPS) is 12.3. The number of nitrogens with zero attached hydrogens (tertiary/aromatic N) is 5. The van der Waals surface area contributed by atoms with E-state index in [2.05, 4.69) is 80.9 Å². The predicted octanol–water partition coefficient (Wildman–Crippen LogP) is 16.9. The fraction of sp³-hybridized carbons (Fsp3) is 0.375. The average Bonchev–Trinajstić information content (AvgIpc) is 3.91. The highest BCUT2D eigenvalue weighted by atomic mass is 79.9. The van der Waals surface area contributed by atoms with Gasteiger partial charge in [0.2, 0.25) is 20.1 Å². The fourth-order valence-corrected chi connectivity index (χ4v) is 12.3. The maximum Gasteiger partial charge on any atom is 0.416 e. The van der Waals surface area contributed by atoms with Crippen molar-refractivity contribution in [1.82, 2.24) is 24.5 Å². The van der Waals surface area contributed by atoms with E-state index in [-0.39, 0.29) is 29.0 Å². The molecule has 3 aromatic heterocycles. The number of alkyl halides is 6. The maximum atomic E-state index is 12.9. The number of hydrogen-bond donors (Lipinski definition) is 1. The molecule has 0 aliphatic heterocycles. The Morgan fingerprint density at radius 1 is 0.570 bits per heavy atom. The highest BCUT2D eigenvalue weighted by molar-refractivity contribution is 9.10. The second kappa shape index (κ2) is 27.5. The number of aliphatic hydroxyl groups is 1. The van der Waals surface area contributed by atoms with E-state index in [0.29, 0.717) is 42.0 Å². The van der Waals surface area contributed by atoms with Gasteiger partial charge < -0.3 is 22.9 Å². The molecular formula is C56H69Br2F6N5O7SSi2. The monoisotopic (exact) mass is 1280 g/mol. The quantitative estimate of drug-likeness (QED) is 0.0827. The molecule has 4 aromatic carbocycles. The van der Waals surface area contributed by atoms with Gasteiger partial charge in [-0.2, -0.15) is 36.5 Å². The zero-order valence-electron chi connectivity index (χ0n) is 46.5. The van der Waals surface area contributed by atoms with E-state index in [4.69, 9.17) is 17.8 Å². The molecule has 7 aromatic rings. The van der Waals surface area contributed by atoms with Gasteiger partial charge in [0.1, 0.15) is 11.5 Å². The number of pyridine rings is 1. The molecule has 1 N–H and O–H groups in total. The molecule has 0 fully saturated rings. The first-order chi connectivity index (χ1) is 36.4. The molecule has 0 atom stereocenters. The minimum atomic E-state index is -4.40. The van der Waals surface area contributed by atoms with Crippen molar-refractivity contribution in [1.29, 1.82) is 0 Å². The lowest BCUT2D eigenvalue weighted by Crippen LogP contribution is -2.42. The summed E-state index contributed by atoms with van der Waals surface area (Å²) in [6.07, 6.45) is -7.69. The van der Waals surface area contributed by atoms with Crippen LogP contribution in [-0.2, 0) is 43.9 Å². The van der Waals surface area contributed by atoms with Crippen molar-refractivity contribution in [3.63, 3.8) is 0 Å². The number of aromatic nitrogens is 5. The molecule has 0 saturated heterocycles. The molecule has 12 nitrogen and oxygen atoms in total. The zero-order chi connectivity index (χ0) is 59.4. The number of halogens is 8. The van der Waals surface area contributed by atoms with Gasteiger partial charge in [-0.3, -0.25) is 4.98 Å². The molecule has 0 saturated carbocycles. The summed E-state index contributed by atoms with van der Waals surface area (Å²) < 4.78 is 126. The molecule has 79 heavy (non-hydrogen) atoms. The second-order valence-corrected chi connectivity index (χ2v) is 34.5. The number of aryl methyl sites for hydroxylation is 2. The van der Waals surface area contributed by atoms with E-state index in [1.165, 1.54) is 28.9 Å². The lowest BCUT2D eigenvalue weighted by molar-refractivity contribution is -0.138. The minimum Gasteiger partial charge on any atom is -0.439 e. The minimum absolute atomic E-state index is 0.0594. The summed E-state index contributed by atoms with van der Waals surface area (Å²) in [6.45, 7) is 25.7. The zero-order valence-corrected chi connectivity index (χ0v) is 52.5. The molecule has 7 rings (SSSR count). The van der Waals surface area contributed by atoms with Crippen LogP contribution in [0.15, 0.2) is 136 Å². The van der Waals surface area contributed by atoms with E-state index in [1.807, 2.05) is 114 Å². The van der Waals surface area contributed by atoms with Crippen LogP contribution >= 0.6 is 31.9 Å². The highest BCUT2D eigenvalue weighted by Gasteiger charge is 2.40. The van der Waals surface area contributed by atoms with Crippen LogP contribution in [0.25, 0.3) is 22.5 Å². The van der Waals surface area contributed by atoms with Crippen LogP contribution in [-0.4, -0.2) is 74.2 Å². The molecule has 0 bridgehead atoms. The third-order valence-corrected chi connectivity index (χ3v) is 24.6. The lowest BCUT2D eigenvalue weighted by Gasteiger charge is -2.36. The largest absolute Gasteiger partial charge is 0.439 e. The van der Waals surface area contributed by atoms with Gasteiger partial charge in [0.25, 0.3) is 10.1 Å². The number of benzene rings is 4. The first-order valence-electron chi connectivity index (χ1n) is 24.8. The molecule has 23 heteroatoms. The van der Waals surface area contributed by atoms with Crippen LogP contribution in [0, 0.1) is 13.8 Å². The Kier molecular flexibility index (Phi) is 23.1. The Morgan fingerprint density at radius 2 is 0.949 bits per heavy atom.